The molecule has 2 N–H and O–H groups in total. The Morgan fingerprint density at radius 3 is 3.10 bits per heavy atom. The Morgan fingerprint density at radius 2 is 2.20 bits per heavy atom. The fourth-order valence-corrected chi connectivity index (χ4v) is 4.77. The predicted octanol–water partition coefficient (Wildman–Crippen LogP) is 1.40. The number of pyridine rings is 1. The number of anilines is 1. The Balaban J connectivity index is 1.39. The van der Waals surface area contributed by atoms with Crippen molar-refractivity contribution < 1.29 is 5.11 Å². The lowest BCUT2D eigenvalue weighted by Gasteiger charge is -2.33. The first-order valence-electron chi connectivity index (χ1n) is 10.8. The van der Waals surface area contributed by atoms with Crippen molar-refractivity contribution in [3.05, 3.63) is 53.7 Å². The van der Waals surface area contributed by atoms with Crippen molar-refractivity contribution >= 4 is 11.6 Å². The Bertz CT molecular complexity index is 1020. The molecule has 0 radical (unpaired) electrons. The zero-order valence-electron chi connectivity index (χ0n) is 17.4. The van der Waals surface area contributed by atoms with Crippen LogP contribution in [-0.4, -0.2) is 68.7 Å². The highest BCUT2D eigenvalue weighted by molar-refractivity contribution is 5.48. The van der Waals surface area contributed by atoms with Crippen LogP contribution in [0.4, 0.5) is 5.95 Å². The van der Waals surface area contributed by atoms with Crippen molar-refractivity contribution in [2.75, 3.05) is 38.2 Å². The number of rotatable bonds is 5. The van der Waals surface area contributed by atoms with Crippen LogP contribution in [0.5, 0.6) is 0 Å². The molecule has 0 saturated carbocycles. The van der Waals surface area contributed by atoms with Gasteiger partial charge in [-0.15, -0.1) is 0 Å². The van der Waals surface area contributed by atoms with Crippen LogP contribution < -0.4 is 10.2 Å². The molecule has 1 fully saturated rings. The lowest BCUT2D eigenvalue weighted by Crippen LogP contribution is -2.53. The van der Waals surface area contributed by atoms with Crippen molar-refractivity contribution in [3.8, 4) is 0 Å². The SMILES string of the molecule is CN(Cc1cn2c(N3CCN[C@H](CO)C3)nccc2n1)[C@H]1CCCc2cccnc21. The smallest absolute Gasteiger partial charge is 0.211 e. The second-order valence-corrected chi connectivity index (χ2v) is 8.36. The van der Waals surface area contributed by atoms with E-state index in [1.807, 2.05) is 24.5 Å². The van der Waals surface area contributed by atoms with Crippen molar-refractivity contribution in [2.24, 2.45) is 0 Å². The van der Waals surface area contributed by atoms with Crippen LogP contribution in [0.25, 0.3) is 5.65 Å². The highest BCUT2D eigenvalue weighted by atomic mass is 16.3. The number of aromatic nitrogens is 4. The third kappa shape index (κ3) is 3.66. The maximum Gasteiger partial charge on any atom is 0.211 e. The Hall–Kier alpha value is -2.55. The van der Waals surface area contributed by atoms with Gasteiger partial charge in [0.25, 0.3) is 0 Å². The van der Waals surface area contributed by atoms with Gasteiger partial charge in [0, 0.05) is 50.8 Å². The average Bonchev–Trinajstić information content (AvgIpc) is 3.21. The molecule has 2 aliphatic rings. The summed E-state index contributed by atoms with van der Waals surface area (Å²) in [7, 11) is 2.17. The first-order valence-corrected chi connectivity index (χ1v) is 10.8. The van der Waals surface area contributed by atoms with E-state index in [4.69, 9.17) is 4.98 Å². The zero-order chi connectivity index (χ0) is 20.5. The lowest BCUT2D eigenvalue weighted by molar-refractivity contribution is 0.206. The molecule has 4 heterocycles. The molecule has 1 aliphatic carbocycles. The third-order valence-electron chi connectivity index (χ3n) is 6.28. The van der Waals surface area contributed by atoms with Crippen LogP contribution in [0.3, 0.4) is 0 Å². The molecule has 1 saturated heterocycles. The highest BCUT2D eigenvalue weighted by Gasteiger charge is 2.26. The number of fused-ring (bicyclic) bond motifs is 2. The Morgan fingerprint density at radius 1 is 1.27 bits per heavy atom. The van der Waals surface area contributed by atoms with Gasteiger partial charge in [0.2, 0.25) is 5.95 Å². The molecule has 2 atom stereocenters. The summed E-state index contributed by atoms with van der Waals surface area (Å²) in [6.07, 6.45) is 9.28. The number of nitrogens with one attached hydrogen (secondary N) is 1. The summed E-state index contributed by atoms with van der Waals surface area (Å²) in [6.45, 7) is 3.33. The lowest BCUT2D eigenvalue weighted by atomic mass is 9.91. The van der Waals surface area contributed by atoms with Gasteiger partial charge >= 0.3 is 0 Å². The number of hydrogen-bond acceptors (Lipinski definition) is 7. The molecule has 0 unspecified atom stereocenters. The number of aliphatic hydroxyl groups is 1. The molecular weight excluding hydrogens is 378 g/mol. The molecular formula is C22H29N7O. The van der Waals surface area contributed by atoms with Crippen LogP contribution in [0.1, 0.15) is 35.8 Å². The second-order valence-electron chi connectivity index (χ2n) is 8.36. The van der Waals surface area contributed by atoms with Crippen LogP contribution in [0.2, 0.25) is 0 Å². The third-order valence-corrected chi connectivity index (χ3v) is 6.28. The Labute approximate surface area is 176 Å². The van der Waals surface area contributed by atoms with Gasteiger partial charge in [0.05, 0.1) is 24.0 Å². The molecule has 0 bridgehead atoms. The molecule has 8 heteroatoms. The quantitative estimate of drug-likeness (QED) is 0.662. The summed E-state index contributed by atoms with van der Waals surface area (Å²) < 4.78 is 2.08. The summed E-state index contributed by atoms with van der Waals surface area (Å²) in [5, 5.41) is 12.9. The summed E-state index contributed by atoms with van der Waals surface area (Å²) in [6, 6.07) is 6.60. The summed E-state index contributed by atoms with van der Waals surface area (Å²) in [5.41, 5.74) is 4.53. The van der Waals surface area contributed by atoms with Gasteiger partial charge in [-0.05, 0) is 44.0 Å². The monoisotopic (exact) mass is 407 g/mol. The van der Waals surface area contributed by atoms with Gasteiger partial charge in [-0.3, -0.25) is 14.3 Å². The summed E-state index contributed by atoms with van der Waals surface area (Å²) >= 11 is 0. The zero-order valence-corrected chi connectivity index (χ0v) is 17.4. The van der Waals surface area contributed by atoms with Gasteiger partial charge in [0.15, 0.2) is 0 Å². The summed E-state index contributed by atoms with van der Waals surface area (Å²) in [4.78, 5) is 18.8. The van der Waals surface area contributed by atoms with Crippen LogP contribution in [-0.2, 0) is 13.0 Å². The van der Waals surface area contributed by atoms with Gasteiger partial charge in [-0.2, -0.15) is 0 Å². The van der Waals surface area contributed by atoms with E-state index in [0.29, 0.717) is 6.04 Å². The van der Waals surface area contributed by atoms with Crippen molar-refractivity contribution in [1.29, 1.82) is 0 Å². The molecule has 30 heavy (non-hydrogen) atoms. The number of piperazine rings is 1. The minimum absolute atomic E-state index is 0.0730. The standard InChI is InChI=1S/C22H29N7O/c1-27(19-6-2-4-16-5-3-8-24-21(16)19)12-17-14-29-20(26-17)7-9-25-22(29)28-11-10-23-18(13-28)15-30/h3,5,7-9,14,18-19,23,30H,2,4,6,10-13,15H2,1H3/t18-,19-/m0/s1. The fraction of sp³-hybridized carbons (Fsp3) is 0.500. The first kappa shape index (κ1) is 19.4. The topological polar surface area (TPSA) is 81.8 Å². The van der Waals surface area contributed by atoms with E-state index in [-0.39, 0.29) is 12.6 Å². The van der Waals surface area contributed by atoms with Gasteiger partial charge in [-0.1, -0.05) is 6.07 Å². The van der Waals surface area contributed by atoms with E-state index in [1.54, 1.807) is 0 Å². The minimum atomic E-state index is 0.0730. The largest absolute Gasteiger partial charge is 0.395 e. The molecule has 0 amide bonds. The van der Waals surface area contributed by atoms with E-state index in [1.165, 1.54) is 17.7 Å². The van der Waals surface area contributed by atoms with Crippen molar-refractivity contribution in [3.63, 3.8) is 0 Å². The minimum Gasteiger partial charge on any atom is -0.395 e. The molecule has 1 aliphatic heterocycles. The molecule has 158 valence electrons. The van der Waals surface area contributed by atoms with E-state index in [2.05, 4.69) is 48.8 Å². The number of nitrogens with zero attached hydrogens (tertiary/aromatic N) is 6. The summed E-state index contributed by atoms with van der Waals surface area (Å²) in [5.74, 6) is 0.888. The van der Waals surface area contributed by atoms with Crippen molar-refractivity contribution in [1.82, 2.24) is 29.6 Å². The number of imidazole rings is 1. The molecule has 3 aromatic rings. The first-order chi connectivity index (χ1) is 14.7. The van der Waals surface area contributed by atoms with Gasteiger partial charge in [-0.25, -0.2) is 9.97 Å². The predicted molar refractivity (Wildman–Crippen MR) is 115 cm³/mol. The molecule has 8 nitrogen and oxygen atoms in total. The molecule has 0 spiro atoms. The number of hydrogen-bond donors (Lipinski definition) is 2. The second kappa shape index (κ2) is 8.29. The fourth-order valence-electron chi connectivity index (χ4n) is 4.77. The maximum absolute atomic E-state index is 9.53. The van der Waals surface area contributed by atoms with Gasteiger partial charge in [0.1, 0.15) is 5.65 Å². The maximum atomic E-state index is 9.53. The molecule has 5 rings (SSSR count). The van der Waals surface area contributed by atoms with Crippen LogP contribution in [0, 0.1) is 0 Å². The van der Waals surface area contributed by atoms with E-state index < -0.39 is 0 Å². The number of aryl methyl sites for hydroxylation is 1. The Kier molecular flexibility index (Phi) is 5.37. The molecule has 3 aromatic heterocycles. The average molecular weight is 408 g/mol. The number of aliphatic hydroxyl groups excluding tert-OH is 1. The molecule has 0 aromatic carbocycles. The van der Waals surface area contributed by atoms with Gasteiger partial charge < -0.3 is 15.3 Å². The van der Waals surface area contributed by atoms with Crippen LogP contribution in [0.15, 0.2) is 36.8 Å². The van der Waals surface area contributed by atoms with Crippen LogP contribution >= 0.6 is 0 Å². The van der Waals surface area contributed by atoms with E-state index in [9.17, 15) is 5.11 Å². The van der Waals surface area contributed by atoms with Crippen molar-refractivity contribution in [2.45, 2.75) is 37.9 Å². The highest BCUT2D eigenvalue weighted by Crippen LogP contribution is 2.32. The van der Waals surface area contributed by atoms with E-state index in [0.717, 1.165) is 56.3 Å². The van der Waals surface area contributed by atoms with E-state index >= 15 is 0 Å². The normalized spacial score (nSPS) is 21.9.